The molecule has 1 aliphatic rings. The van der Waals surface area contributed by atoms with Gasteiger partial charge in [-0.15, -0.1) is 0 Å². The van der Waals surface area contributed by atoms with Crippen LogP contribution in [0.4, 0.5) is 5.88 Å². The number of aryl methyl sites for hydroxylation is 3. The molecule has 2 heterocycles. The molecule has 26 heavy (non-hydrogen) atoms. The van der Waals surface area contributed by atoms with Gasteiger partial charge in [-0.05, 0) is 56.2 Å². The van der Waals surface area contributed by atoms with E-state index in [2.05, 4.69) is 17.4 Å². The first kappa shape index (κ1) is 16.6. The summed E-state index contributed by atoms with van der Waals surface area (Å²) in [6.07, 6.45) is 2.72. The van der Waals surface area contributed by atoms with E-state index in [1.165, 1.54) is 6.07 Å². The summed E-state index contributed by atoms with van der Waals surface area (Å²) in [4.78, 5) is 25.1. The van der Waals surface area contributed by atoms with Gasteiger partial charge in [-0.2, -0.15) is 0 Å². The van der Waals surface area contributed by atoms with Gasteiger partial charge in [0.05, 0.1) is 11.1 Å². The number of rotatable bonds is 2. The molecule has 6 nitrogen and oxygen atoms in total. The molecule has 1 N–H and O–H groups in total. The van der Waals surface area contributed by atoms with Crippen molar-refractivity contribution < 1.29 is 13.7 Å². The van der Waals surface area contributed by atoms with Crippen molar-refractivity contribution in [3.63, 3.8) is 0 Å². The molecular weight excluding hydrogens is 332 g/mol. The Hall–Kier alpha value is -2.89. The molecular formula is C20H20N2O4. The zero-order chi connectivity index (χ0) is 18.4. The third-order valence-corrected chi connectivity index (χ3v) is 4.92. The van der Waals surface area contributed by atoms with E-state index in [1.807, 2.05) is 19.9 Å². The van der Waals surface area contributed by atoms with Crippen LogP contribution in [-0.2, 0) is 12.8 Å². The first-order valence-corrected chi connectivity index (χ1v) is 8.76. The smallest absolute Gasteiger partial charge is 0.293 e. The second-order valence-corrected chi connectivity index (χ2v) is 7.17. The first-order valence-electron chi connectivity index (χ1n) is 8.76. The van der Waals surface area contributed by atoms with Gasteiger partial charge >= 0.3 is 0 Å². The highest BCUT2D eigenvalue weighted by molar-refractivity contribution is 6.02. The van der Waals surface area contributed by atoms with E-state index < -0.39 is 5.91 Å². The summed E-state index contributed by atoms with van der Waals surface area (Å²) in [6, 6.07) is 4.91. The summed E-state index contributed by atoms with van der Waals surface area (Å²) in [7, 11) is 0. The molecule has 0 fully saturated rings. The quantitative estimate of drug-likeness (QED) is 0.759. The van der Waals surface area contributed by atoms with Gasteiger partial charge in [-0.25, -0.2) is 0 Å². The van der Waals surface area contributed by atoms with Crippen molar-refractivity contribution in [2.24, 2.45) is 5.92 Å². The second kappa shape index (κ2) is 6.12. The van der Waals surface area contributed by atoms with Crippen LogP contribution in [0.15, 0.2) is 31.9 Å². The average molecular weight is 352 g/mol. The van der Waals surface area contributed by atoms with Gasteiger partial charge in [0.25, 0.3) is 5.91 Å². The minimum atomic E-state index is -0.514. The van der Waals surface area contributed by atoms with Gasteiger partial charge in [0.15, 0.2) is 11.2 Å². The summed E-state index contributed by atoms with van der Waals surface area (Å²) in [5.74, 6) is 0.309. The number of nitrogens with zero attached hydrogens (tertiary/aromatic N) is 1. The fraction of sp³-hybridized carbons (Fsp3) is 0.350. The van der Waals surface area contributed by atoms with E-state index >= 15 is 0 Å². The van der Waals surface area contributed by atoms with Crippen LogP contribution in [-0.4, -0.2) is 11.1 Å². The van der Waals surface area contributed by atoms with Crippen LogP contribution >= 0.6 is 0 Å². The minimum Gasteiger partial charge on any atom is -0.451 e. The molecule has 0 aliphatic heterocycles. The molecule has 0 saturated carbocycles. The Bertz CT molecular complexity index is 1080. The van der Waals surface area contributed by atoms with Gasteiger partial charge in [0, 0.05) is 11.6 Å². The van der Waals surface area contributed by atoms with Crippen molar-refractivity contribution in [2.75, 3.05) is 5.32 Å². The van der Waals surface area contributed by atoms with Gasteiger partial charge < -0.3 is 8.94 Å². The molecule has 2 aromatic heterocycles. The largest absolute Gasteiger partial charge is 0.451 e. The van der Waals surface area contributed by atoms with E-state index in [-0.39, 0.29) is 11.2 Å². The SMILES string of the molecule is Cc1cc(C)c2c(=O)cc(C(=O)Nc3onc4c3C[C@H](C)CC4)oc2c1. The van der Waals surface area contributed by atoms with Crippen LogP contribution in [0.1, 0.15) is 46.3 Å². The lowest BCUT2D eigenvalue weighted by Gasteiger charge is -2.16. The number of aromatic nitrogens is 1. The number of anilines is 1. The topological polar surface area (TPSA) is 85.3 Å². The van der Waals surface area contributed by atoms with E-state index in [4.69, 9.17) is 8.94 Å². The highest BCUT2D eigenvalue weighted by atomic mass is 16.5. The van der Waals surface area contributed by atoms with Crippen LogP contribution in [0.25, 0.3) is 11.0 Å². The number of hydrogen-bond acceptors (Lipinski definition) is 5. The Balaban J connectivity index is 1.69. The molecule has 0 saturated heterocycles. The highest BCUT2D eigenvalue weighted by Gasteiger charge is 2.25. The first-order chi connectivity index (χ1) is 12.4. The molecule has 1 aromatic carbocycles. The Morgan fingerprint density at radius 2 is 2.08 bits per heavy atom. The van der Waals surface area contributed by atoms with Crippen molar-refractivity contribution in [2.45, 2.75) is 40.0 Å². The third kappa shape index (κ3) is 2.81. The normalized spacial score (nSPS) is 16.5. The van der Waals surface area contributed by atoms with Crippen molar-refractivity contribution in [3.8, 4) is 0 Å². The minimum absolute atomic E-state index is 0.0403. The number of amides is 1. The molecule has 1 atom stereocenters. The number of carbonyl (C=O) groups excluding carboxylic acids is 1. The summed E-state index contributed by atoms with van der Waals surface area (Å²) < 4.78 is 11.0. The van der Waals surface area contributed by atoms with Crippen LogP contribution in [0.3, 0.4) is 0 Å². The summed E-state index contributed by atoms with van der Waals surface area (Å²) in [5.41, 5.74) is 3.81. The molecule has 0 spiro atoms. The predicted octanol–water partition coefficient (Wildman–Crippen LogP) is 3.77. The molecule has 4 rings (SSSR count). The lowest BCUT2D eigenvalue weighted by atomic mass is 9.89. The number of fused-ring (bicyclic) bond motifs is 2. The maximum absolute atomic E-state index is 12.6. The van der Waals surface area contributed by atoms with E-state index in [0.29, 0.717) is 22.8 Å². The Labute approximate surface area is 150 Å². The maximum Gasteiger partial charge on any atom is 0.293 e. The lowest BCUT2D eigenvalue weighted by molar-refractivity contribution is 0.0994. The average Bonchev–Trinajstić information content (AvgIpc) is 2.95. The standard InChI is InChI=1S/C20H20N2O4/c1-10-4-5-14-13(7-10)20(26-22-14)21-19(24)17-9-15(23)18-12(3)6-11(2)8-16(18)25-17/h6,8-10H,4-5,7H2,1-3H3,(H,21,24)/t10-/m1/s1. The third-order valence-electron chi connectivity index (χ3n) is 4.92. The number of carbonyl (C=O) groups is 1. The molecule has 134 valence electrons. The van der Waals surface area contributed by atoms with Crippen molar-refractivity contribution >= 4 is 22.8 Å². The lowest BCUT2D eigenvalue weighted by Crippen LogP contribution is -2.17. The molecule has 0 bridgehead atoms. The predicted molar refractivity (Wildman–Crippen MR) is 97.6 cm³/mol. The fourth-order valence-electron chi connectivity index (χ4n) is 3.62. The second-order valence-electron chi connectivity index (χ2n) is 7.17. The van der Waals surface area contributed by atoms with E-state index in [9.17, 15) is 9.59 Å². The van der Waals surface area contributed by atoms with Crippen LogP contribution < -0.4 is 10.7 Å². The van der Waals surface area contributed by atoms with Crippen LogP contribution in [0.5, 0.6) is 0 Å². The summed E-state index contributed by atoms with van der Waals surface area (Å²) >= 11 is 0. The fourth-order valence-corrected chi connectivity index (χ4v) is 3.62. The zero-order valence-electron chi connectivity index (χ0n) is 15.0. The van der Waals surface area contributed by atoms with Gasteiger partial charge in [-0.1, -0.05) is 18.1 Å². The van der Waals surface area contributed by atoms with Crippen molar-refractivity contribution in [1.29, 1.82) is 0 Å². The maximum atomic E-state index is 12.6. The number of nitrogens with one attached hydrogen (secondary N) is 1. The van der Waals surface area contributed by atoms with Gasteiger partial charge in [-0.3, -0.25) is 14.9 Å². The summed E-state index contributed by atoms with van der Waals surface area (Å²) in [6.45, 7) is 5.93. The molecule has 6 heteroatoms. The van der Waals surface area contributed by atoms with Crippen LogP contribution in [0, 0.1) is 19.8 Å². The van der Waals surface area contributed by atoms with Gasteiger partial charge in [0.1, 0.15) is 5.58 Å². The summed E-state index contributed by atoms with van der Waals surface area (Å²) in [5, 5.41) is 7.25. The van der Waals surface area contributed by atoms with Gasteiger partial charge in [0.2, 0.25) is 5.88 Å². The molecule has 0 unspecified atom stereocenters. The Morgan fingerprint density at radius 1 is 1.27 bits per heavy atom. The highest BCUT2D eigenvalue weighted by Crippen LogP contribution is 2.31. The molecule has 1 amide bonds. The molecule has 3 aromatic rings. The number of benzene rings is 1. The van der Waals surface area contributed by atoms with Crippen molar-refractivity contribution in [1.82, 2.24) is 5.16 Å². The molecule has 1 aliphatic carbocycles. The van der Waals surface area contributed by atoms with E-state index in [0.717, 1.165) is 41.6 Å². The Morgan fingerprint density at radius 3 is 2.88 bits per heavy atom. The monoisotopic (exact) mass is 352 g/mol. The van der Waals surface area contributed by atoms with E-state index in [1.54, 1.807) is 6.07 Å². The Kier molecular flexibility index (Phi) is 3.90. The van der Waals surface area contributed by atoms with Crippen molar-refractivity contribution in [3.05, 3.63) is 56.6 Å². The zero-order valence-corrected chi connectivity index (χ0v) is 15.0. The number of hydrogen-bond donors (Lipinski definition) is 1. The molecule has 0 radical (unpaired) electrons. The van der Waals surface area contributed by atoms with Crippen LogP contribution in [0.2, 0.25) is 0 Å².